The van der Waals surface area contributed by atoms with Gasteiger partial charge in [-0.3, -0.25) is 4.79 Å². The van der Waals surface area contributed by atoms with Crippen LogP contribution in [0.25, 0.3) is 0 Å². The second kappa shape index (κ2) is 6.52. The summed E-state index contributed by atoms with van der Waals surface area (Å²) in [6, 6.07) is 12.8. The fourth-order valence-electron chi connectivity index (χ4n) is 2.95. The van der Waals surface area contributed by atoms with Crippen molar-refractivity contribution in [1.29, 1.82) is 0 Å². The molecule has 3 rings (SSSR count). The van der Waals surface area contributed by atoms with Crippen molar-refractivity contribution in [1.82, 2.24) is 5.32 Å². The number of hydrogen-bond acceptors (Lipinski definition) is 2. The van der Waals surface area contributed by atoms with E-state index in [2.05, 4.69) is 11.4 Å². The van der Waals surface area contributed by atoms with Crippen LogP contribution in [-0.4, -0.2) is 23.2 Å². The summed E-state index contributed by atoms with van der Waals surface area (Å²) >= 11 is 11.9. The standard InChI is InChI=1S/C18H17Cl2NO2/c19-14-5-6-15(16(20)9-14)17(22)21-11-18(23)8-7-12-3-1-2-4-13(12)10-18/h1-6,9,23H,7-8,10-11H2,(H,21,22). The minimum Gasteiger partial charge on any atom is -0.388 e. The molecule has 0 saturated carbocycles. The molecule has 0 radical (unpaired) electrons. The topological polar surface area (TPSA) is 49.3 Å². The monoisotopic (exact) mass is 349 g/mol. The molecule has 2 aromatic carbocycles. The highest BCUT2D eigenvalue weighted by Gasteiger charge is 2.32. The molecule has 0 saturated heterocycles. The van der Waals surface area contributed by atoms with Gasteiger partial charge < -0.3 is 10.4 Å². The van der Waals surface area contributed by atoms with Gasteiger partial charge >= 0.3 is 0 Å². The van der Waals surface area contributed by atoms with Crippen molar-refractivity contribution in [3.05, 3.63) is 69.2 Å². The number of hydrogen-bond donors (Lipinski definition) is 2. The van der Waals surface area contributed by atoms with Gasteiger partial charge in [0.2, 0.25) is 0 Å². The molecule has 23 heavy (non-hydrogen) atoms. The second-order valence-corrected chi connectivity index (χ2v) is 6.82. The van der Waals surface area contributed by atoms with E-state index in [9.17, 15) is 9.90 Å². The molecule has 0 bridgehead atoms. The van der Waals surface area contributed by atoms with Gasteiger partial charge in [0.25, 0.3) is 5.91 Å². The summed E-state index contributed by atoms with van der Waals surface area (Å²) in [5.74, 6) is -0.307. The van der Waals surface area contributed by atoms with E-state index in [0.29, 0.717) is 28.5 Å². The Morgan fingerprint density at radius 3 is 2.65 bits per heavy atom. The SMILES string of the molecule is O=C(NCC1(O)CCc2ccccc2C1)c1ccc(Cl)cc1Cl. The number of fused-ring (bicyclic) bond motifs is 1. The molecular formula is C18H17Cl2NO2. The highest BCUT2D eigenvalue weighted by atomic mass is 35.5. The third-order valence-corrected chi connectivity index (χ3v) is 4.80. The van der Waals surface area contributed by atoms with E-state index >= 15 is 0 Å². The molecule has 0 aliphatic heterocycles. The maximum absolute atomic E-state index is 12.3. The average molecular weight is 350 g/mol. The maximum atomic E-state index is 12.3. The Morgan fingerprint density at radius 1 is 1.17 bits per heavy atom. The molecule has 1 unspecified atom stereocenters. The normalized spacial score (nSPS) is 20.0. The molecule has 2 aromatic rings. The Kier molecular flexibility index (Phi) is 4.62. The van der Waals surface area contributed by atoms with Crippen LogP contribution in [0.3, 0.4) is 0 Å². The van der Waals surface area contributed by atoms with Gasteiger partial charge in [-0.05, 0) is 42.2 Å². The molecule has 1 aliphatic carbocycles. The zero-order chi connectivity index (χ0) is 16.4. The third kappa shape index (κ3) is 3.69. The van der Waals surface area contributed by atoms with Crippen LogP contribution in [0.2, 0.25) is 10.0 Å². The number of halogens is 2. The third-order valence-electron chi connectivity index (χ3n) is 4.25. The smallest absolute Gasteiger partial charge is 0.252 e. The predicted molar refractivity (Wildman–Crippen MR) is 92.2 cm³/mol. The van der Waals surface area contributed by atoms with Gasteiger partial charge in [0.15, 0.2) is 0 Å². The lowest BCUT2D eigenvalue weighted by molar-refractivity contribution is 0.0260. The molecule has 1 atom stereocenters. The van der Waals surface area contributed by atoms with E-state index < -0.39 is 5.60 Å². The molecule has 0 spiro atoms. The summed E-state index contributed by atoms with van der Waals surface area (Å²) in [7, 11) is 0. The first kappa shape index (κ1) is 16.3. The maximum Gasteiger partial charge on any atom is 0.252 e. The van der Waals surface area contributed by atoms with Gasteiger partial charge in [-0.2, -0.15) is 0 Å². The van der Waals surface area contributed by atoms with Gasteiger partial charge in [-0.1, -0.05) is 47.5 Å². The lowest BCUT2D eigenvalue weighted by atomic mass is 9.80. The Morgan fingerprint density at radius 2 is 1.91 bits per heavy atom. The Hall–Kier alpha value is -1.55. The largest absolute Gasteiger partial charge is 0.388 e. The highest BCUT2D eigenvalue weighted by molar-refractivity contribution is 6.36. The average Bonchev–Trinajstić information content (AvgIpc) is 2.52. The van der Waals surface area contributed by atoms with E-state index in [4.69, 9.17) is 23.2 Å². The minimum atomic E-state index is -0.928. The molecule has 120 valence electrons. The van der Waals surface area contributed by atoms with Crippen molar-refractivity contribution in [2.24, 2.45) is 0 Å². The van der Waals surface area contributed by atoms with Crippen molar-refractivity contribution in [2.45, 2.75) is 24.9 Å². The number of aliphatic hydroxyl groups is 1. The first-order valence-corrected chi connectivity index (χ1v) is 8.25. The van der Waals surface area contributed by atoms with Crippen LogP contribution < -0.4 is 5.32 Å². The lowest BCUT2D eigenvalue weighted by Crippen LogP contribution is -2.46. The zero-order valence-corrected chi connectivity index (χ0v) is 14.0. The van der Waals surface area contributed by atoms with E-state index in [1.165, 1.54) is 11.6 Å². The number of aryl methyl sites for hydroxylation is 1. The van der Waals surface area contributed by atoms with Crippen molar-refractivity contribution < 1.29 is 9.90 Å². The highest BCUT2D eigenvalue weighted by Crippen LogP contribution is 2.28. The first-order valence-electron chi connectivity index (χ1n) is 7.49. The molecule has 0 aromatic heterocycles. The summed E-state index contributed by atoms with van der Waals surface area (Å²) in [5.41, 5.74) is 1.84. The van der Waals surface area contributed by atoms with Gasteiger partial charge in [0.05, 0.1) is 16.2 Å². The van der Waals surface area contributed by atoms with Gasteiger partial charge in [-0.15, -0.1) is 0 Å². The van der Waals surface area contributed by atoms with Gasteiger partial charge in [0, 0.05) is 18.0 Å². The van der Waals surface area contributed by atoms with Gasteiger partial charge in [0.1, 0.15) is 0 Å². The molecule has 3 nitrogen and oxygen atoms in total. The van der Waals surface area contributed by atoms with E-state index in [1.807, 2.05) is 18.2 Å². The van der Waals surface area contributed by atoms with E-state index in [-0.39, 0.29) is 12.5 Å². The van der Waals surface area contributed by atoms with Crippen LogP contribution in [0.5, 0.6) is 0 Å². The van der Waals surface area contributed by atoms with Crippen LogP contribution in [0.4, 0.5) is 0 Å². The van der Waals surface area contributed by atoms with Crippen LogP contribution in [0.1, 0.15) is 27.9 Å². The van der Waals surface area contributed by atoms with Crippen molar-refractivity contribution in [2.75, 3.05) is 6.54 Å². The summed E-state index contributed by atoms with van der Waals surface area (Å²) in [6.07, 6.45) is 1.97. The Balaban J connectivity index is 1.67. The number of nitrogens with one attached hydrogen (secondary N) is 1. The van der Waals surface area contributed by atoms with Crippen LogP contribution in [0, 0.1) is 0 Å². The van der Waals surface area contributed by atoms with Crippen molar-refractivity contribution >= 4 is 29.1 Å². The number of amides is 1. The van der Waals surface area contributed by atoms with E-state index in [1.54, 1.807) is 12.1 Å². The summed E-state index contributed by atoms with van der Waals surface area (Å²) in [4.78, 5) is 12.3. The van der Waals surface area contributed by atoms with E-state index in [0.717, 1.165) is 12.0 Å². The molecule has 2 N–H and O–H groups in total. The number of benzene rings is 2. The van der Waals surface area contributed by atoms with Crippen LogP contribution in [0.15, 0.2) is 42.5 Å². The number of rotatable bonds is 3. The second-order valence-electron chi connectivity index (χ2n) is 5.98. The first-order chi connectivity index (χ1) is 11.0. The summed E-state index contributed by atoms with van der Waals surface area (Å²) in [6.45, 7) is 0.194. The van der Waals surface area contributed by atoms with Crippen molar-refractivity contribution in [3.63, 3.8) is 0 Å². The molecule has 1 aliphatic rings. The zero-order valence-electron chi connectivity index (χ0n) is 12.5. The quantitative estimate of drug-likeness (QED) is 0.888. The molecule has 1 amide bonds. The molecule has 0 heterocycles. The van der Waals surface area contributed by atoms with Crippen LogP contribution in [-0.2, 0) is 12.8 Å². The molecule has 5 heteroatoms. The summed E-state index contributed by atoms with van der Waals surface area (Å²) < 4.78 is 0. The number of carbonyl (C=O) groups is 1. The summed E-state index contributed by atoms with van der Waals surface area (Å²) in [5, 5.41) is 14.3. The van der Waals surface area contributed by atoms with Gasteiger partial charge in [-0.25, -0.2) is 0 Å². The lowest BCUT2D eigenvalue weighted by Gasteiger charge is -2.33. The Labute approximate surface area is 145 Å². The fourth-order valence-corrected chi connectivity index (χ4v) is 3.44. The molecule has 0 fully saturated rings. The van der Waals surface area contributed by atoms with Crippen LogP contribution >= 0.6 is 23.2 Å². The molecular weight excluding hydrogens is 333 g/mol. The predicted octanol–water partition coefficient (Wildman–Crippen LogP) is 3.64. The Bertz CT molecular complexity index is 748. The number of carbonyl (C=O) groups excluding carboxylic acids is 1. The fraction of sp³-hybridized carbons (Fsp3) is 0.278. The minimum absolute atomic E-state index is 0.194. The van der Waals surface area contributed by atoms with Crippen molar-refractivity contribution in [3.8, 4) is 0 Å².